The first kappa shape index (κ1) is 6.75. The summed E-state index contributed by atoms with van der Waals surface area (Å²) in [6.45, 7) is 5.04. The van der Waals surface area contributed by atoms with E-state index in [0.29, 0.717) is 5.78 Å². The van der Waals surface area contributed by atoms with Gasteiger partial charge in [0.1, 0.15) is 5.78 Å². The van der Waals surface area contributed by atoms with E-state index in [1.807, 2.05) is 0 Å². The summed E-state index contributed by atoms with van der Waals surface area (Å²) < 4.78 is 0. The van der Waals surface area contributed by atoms with Gasteiger partial charge in [-0.1, -0.05) is 0 Å². The van der Waals surface area contributed by atoms with E-state index in [0.717, 1.165) is 13.0 Å². The van der Waals surface area contributed by atoms with Crippen molar-refractivity contribution < 1.29 is 4.79 Å². The molecule has 2 nitrogen and oxygen atoms in total. The standard InChI is InChI=1S/C7H13NO/c1-7(9)3-6-8-4-2-5-8/h2-6H2,1H3. The molecule has 1 aliphatic heterocycles. The van der Waals surface area contributed by atoms with Gasteiger partial charge in [-0.05, 0) is 26.4 Å². The summed E-state index contributed by atoms with van der Waals surface area (Å²) in [5.74, 6) is 0.307. The molecule has 0 amide bonds. The van der Waals surface area contributed by atoms with E-state index in [2.05, 4.69) is 4.90 Å². The fourth-order valence-corrected chi connectivity index (χ4v) is 0.921. The first-order valence-electron chi connectivity index (χ1n) is 3.51. The van der Waals surface area contributed by atoms with Crippen LogP contribution < -0.4 is 0 Å². The molecule has 2 heteroatoms. The van der Waals surface area contributed by atoms with E-state index < -0.39 is 0 Å². The molecular weight excluding hydrogens is 114 g/mol. The molecule has 0 N–H and O–H groups in total. The lowest BCUT2D eigenvalue weighted by molar-refractivity contribution is -0.117. The lowest BCUT2D eigenvalue weighted by atomic mass is 10.2. The summed E-state index contributed by atoms with van der Waals surface area (Å²) in [4.78, 5) is 12.8. The molecule has 0 aromatic heterocycles. The highest BCUT2D eigenvalue weighted by molar-refractivity contribution is 5.75. The zero-order valence-electron chi connectivity index (χ0n) is 5.89. The molecule has 0 aromatic carbocycles. The van der Waals surface area contributed by atoms with Gasteiger partial charge in [0.2, 0.25) is 0 Å². The molecule has 1 heterocycles. The maximum Gasteiger partial charge on any atom is 0.131 e. The maximum atomic E-state index is 10.5. The zero-order chi connectivity index (χ0) is 6.69. The summed E-state index contributed by atoms with van der Waals surface area (Å²) in [6.07, 6.45) is 2.05. The fourth-order valence-electron chi connectivity index (χ4n) is 0.921. The van der Waals surface area contributed by atoms with Crippen LogP contribution in [0.4, 0.5) is 0 Å². The summed E-state index contributed by atoms with van der Waals surface area (Å²) >= 11 is 0. The van der Waals surface area contributed by atoms with Crippen LogP contribution in [0.3, 0.4) is 0 Å². The average molecular weight is 127 g/mol. The topological polar surface area (TPSA) is 20.3 Å². The summed E-state index contributed by atoms with van der Waals surface area (Å²) in [7, 11) is 0. The first-order chi connectivity index (χ1) is 4.29. The van der Waals surface area contributed by atoms with Crippen molar-refractivity contribution in [1.29, 1.82) is 0 Å². The Morgan fingerprint density at radius 2 is 2.22 bits per heavy atom. The molecule has 52 valence electrons. The number of hydrogen-bond donors (Lipinski definition) is 0. The number of carbonyl (C=O) groups excluding carboxylic acids is 1. The van der Waals surface area contributed by atoms with E-state index in [-0.39, 0.29) is 0 Å². The van der Waals surface area contributed by atoms with Gasteiger partial charge in [0.25, 0.3) is 0 Å². The Hall–Kier alpha value is -0.370. The van der Waals surface area contributed by atoms with Gasteiger partial charge in [0.05, 0.1) is 0 Å². The number of ketones is 1. The molecule has 1 fully saturated rings. The van der Waals surface area contributed by atoms with Crippen molar-refractivity contribution in [3.8, 4) is 0 Å². The Balaban J connectivity index is 1.97. The van der Waals surface area contributed by atoms with E-state index in [1.165, 1.54) is 19.5 Å². The van der Waals surface area contributed by atoms with Gasteiger partial charge in [-0.15, -0.1) is 0 Å². The highest BCUT2D eigenvalue weighted by Gasteiger charge is 2.12. The van der Waals surface area contributed by atoms with E-state index in [4.69, 9.17) is 0 Å². The van der Waals surface area contributed by atoms with Gasteiger partial charge in [-0.2, -0.15) is 0 Å². The Morgan fingerprint density at radius 1 is 1.56 bits per heavy atom. The lowest BCUT2D eigenvalue weighted by Crippen LogP contribution is -2.38. The minimum Gasteiger partial charge on any atom is -0.303 e. The fraction of sp³-hybridized carbons (Fsp3) is 0.857. The smallest absolute Gasteiger partial charge is 0.131 e. The molecular formula is C7H13NO. The normalized spacial score (nSPS) is 19.2. The molecule has 0 aliphatic carbocycles. The molecule has 9 heavy (non-hydrogen) atoms. The van der Waals surface area contributed by atoms with Crippen molar-refractivity contribution in [2.45, 2.75) is 19.8 Å². The highest BCUT2D eigenvalue weighted by atomic mass is 16.1. The van der Waals surface area contributed by atoms with Crippen LogP contribution in [0, 0.1) is 0 Å². The summed E-state index contributed by atoms with van der Waals surface area (Å²) in [5, 5.41) is 0. The van der Waals surface area contributed by atoms with Gasteiger partial charge in [0, 0.05) is 13.0 Å². The number of carbonyl (C=O) groups is 1. The van der Waals surface area contributed by atoms with Crippen LogP contribution >= 0.6 is 0 Å². The summed E-state index contributed by atoms with van der Waals surface area (Å²) in [5.41, 5.74) is 0. The number of rotatable bonds is 3. The second kappa shape index (κ2) is 2.97. The third kappa shape index (κ3) is 2.14. The molecule has 0 aromatic rings. The molecule has 0 bridgehead atoms. The van der Waals surface area contributed by atoms with Crippen LogP contribution in [-0.2, 0) is 4.79 Å². The van der Waals surface area contributed by atoms with Gasteiger partial charge >= 0.3 is 0 Å². The van der Waals surface area contributed by atoms with Crippen molar-refractivity contribution in [2.75, 3.05) is 19.6 Å². The van der Waals surface area contributed by atoms with Crippen LogP contribution in [0.2, 0.25) is 0 Å². The zero-order valence-corrected chi connectivity index (χ0v) is 5.89. The van der Waals surface area contributed by atoms with E-state index >= 15 is 0 Å². The molecule has 0 unspecified atom stereocenters. The number of hydrogen-bond acceptors (Lipinski definition) is 2. The maximum absolute atomic E-state index is 10.5. The highest BCUT2D eigenvalue weighted by Crippen LogP contribution is 2.05. The van der Waals surface area contributed by atoms with Crippen molar-refractivity contribution in [3.63, 3.8) is 0 Å². The molecule has 0 spiro atoms. The van der Waals surface area contributed by atoms with Crippen molar-refractivity contribution in [2.24, 2.45) is 0 Å². The second-order valence-corrected chi connectivity index (χ2v) is 2.65. The SMILES string of the molecule is CC(=O)CCN1CCC1. The minimum absolute atomic E-state index is 0.307. The van der Waals surface area contributed by atoms with E-state index in [9.17, 15) is 4.79 Å². The summed E-state index contributed by atoms with van der Waals surface area (Å²) in [6, 6.07) is 0. The second-order valence-electron chi connectivity index (χ2n) is 2.65. The number of likely N-dealkylation sites (tertiary alicyclic amines) is 1. The minimum atomic E-state index is 0.307. The Bertz CT molecular complexity index is 107. The Morgan fingerprint density at radius 3 is 2.56 bits per heavy atom. The van der Waals surface area contributed by atoms with Crippen molar-refractivity contribution in [3.05, 3.63) is 0 Å². The lowest BCUT2D eigenvalue weighted by Gasteiger charge is -2.30. The Kier molecular flexibility index (Phi) is 2.22. The number of Topliss-reactive ketones (excluding diaryl/α,β-unsaturated/α-hetero) is 1. The van der Waals surface area contributed by atoms with Gasteiger partial charge in [0.15, 0.2) is 0 Å². The quantitative estimate of drug-likeness (QED) is 0.555. The van der Waals surface area contributed by atoms with Crippen LogP contribution in [0.5, 0.6) is 0 Å². The molecule has 1 rings (SSSR count). The predicted molar refractivity (Wildman–Crippen MR) is 36.4 cm³/mol. The van der Waals surface area contributed by atoms with Crippen LogP contribution in [-0.4, -0.2) is 30.3 Å². The predicted octanol–water partition coefficient (Wildman–Crippen LogP) is 0.671. The first-order valence-corrected chi connectivity index (χ1v) is 3.51. The van der Waals surface area contributed by atoms with E-state index in [1.54, 1.807) is 6.92 Å². The molecule has 1 saturated heterocycles. The third-order valence-electron chi connectivity index (χ3n) is 1.73. The average Bonchev–Trinajstić information content (AvgIpc) is 1.60. The van der Waals surface area contributed by atoms with Crippen molar-refractivity contribution >= 4 is 5.78 Å². The molecule has 0 radical (unpaired) electrons. The molecule has 0 saturated carbocycles. The van der Waals surface area contributed by atoms with Crippen LogP contribution in [0.1, 0.15) is 19.8 Å². The van der Waals surface area contributed by atoms with Crippen LogP contribution in [0.25, 0.3) is 0 Å². The van der Waals surface area contributed by atoms with Crippen LogP contribution in [0.15, 0.2) is 0 Å². The van der Waals surface area contributed by atoms with Gasteiger partial charge in [-0.3, -0.25) is 4.79 Å². The largest absolute Gasteiger partial charge is 0.303 e. The Labute approximate surface area is 55.8 Å². The third-order valence-corrected chi connectivity index (χ3v) is 1.73. The van der Waals surface area contributed by atoms with Gasteiger partial charge < -0.3 is 4.90 Å². The monoisotopic (exact) mass is 127 g/mol. The van der Waals surface area contributed by atoms with Crippen molar-refractivity contribution in [1.82, 2.24) is 4.90 Å². The van der Waals surface area contributed by atoms with Gasteiger partial charge in [-0.25, -0.2) is 0 Å². The molecule has 0 atom stereocenters. The molecule has 1 aliphatic rings. The number of nitrogens with zero attached hydrogens (tertiary/aromatic N) is 1.